The zero-order valence-electron chi connectivity index (χ0n) is 8.45. The van der Waals surface area contributed by atoms with Gasteiger partial charge in [-0.1, -0.05) is 17.1 Å². The highest BCUT2D eigenvalue weighted by molar-refractivity contribution is 6.20. The number of amides is 2. The molecule has 0 radical (unpaired) electrons. The molecule has 1 aliphatic heterocycles. The predicted octanol–water partition coefficient (Wildman–Crippen LogP) is 0.230. The number of fused-ring (bicyclic) bond motifs is 1. The molecule has 1 N–H and O–H groups in total. The fourth-order valence-corrected chi connectivity index (χ4v) is 1.36. The number of imide groups is 1. The summed E-state index contributed by atoms with van der Waals surface area (Å²) >= 11 is 0. The number of carbonyl (C=O) groups is 3. The normalized spacial score (nSPS) is 14.0. The van der Waals surface area contributed by atoms with Gasteiger partial charge in [0.1, 0.15) is 0 Å². The number of carboxylic acid groups (broad SMARTS) is 1. The summed E-state index contributed by atoms with van der Waals surface area (Å²) in [5.74, 6) is -2.64. The molecule has 0 aliphatic carbocycles. The predicted molar refractivity (Wildman–Crippen MR) is 51.6 cm³/mol. The van der Waals surface area contributed by atoms with Crippen molar-refractivity contribution in [2.75, 3.05) is 6.61 Å². The van der Waals surface area contributed by atoms with Crippen LogP contribution in [0, 0.1) is 0 Å². The second kappa shape index (κ2) is 4.32. The van der Waals surface area contributed by atoms with Gasteiger partial charge in [-0.2, -0.15) is 4.89 Å². The van der Waals surface area contributed by atoms with E-state index < -0.39 is 24.4 Å². The van der Waals surface area contributed by atoms with Crippen molar-refractivity contribution in [2.45, 2.75) is 0 Å². The Morgan fingerprint density at radius 1 is 1.18 bits per heavy atom. The lowest BCUT2D eigenvalue weighted by Crippen LogP contribution is -2.30. The average Bonchev–Trinajstić information content (AvgIpc) is 2.54. The summed E-state index contributed by atoms with van der Waals surface area (Å²) in [6, 6.07) is 6.14. The van der Waals surface area contributed by atoms with Gasteiger partial charge in [-0.25, -0.2) is 4.79 Å². The van der Waals surface area contributed by atoms with Crippen LogP contribution in [0.15, 0.2) is 24.3 Å². The van der Waals surface area contributed by atoms with Crippen LogP contribution in [-0.2, 0) is 14.7 Å². The number of benzene rings is 1. The maximum Gasteiger partial charge on any atom is 0.333 e. The van der Waals surface area contributed by atoms with Gasteiger partial charge < -0.3 is 5.11 Å². The third-order valence-electron chi connectivity index (χ3n) is 2.07. The van der Waals surface area contributed by atoms with Crippen LogP contribution < -0.4 is 0 Å². The molecule has 2 amide bonds. The number of hydrogen-bond acceptors (Lipinski definition) is 5. The van der Waals surface area contributed by atoms with Crippen LogP contribution >= 0.6 is 0 Å². The van der Waals surface area contributed by atoms with E-state index in [2.05, 4.69) is 9.88 Å². The summed E-state index contributed by atoms with van der Waals surface area (Å²) < 4.78 is 0. The van der Waals surface area contributed by atoms with Crippen molar-refractivity contribution in [3.05, 3.63) is 35.4 Å². The first-order valence-corrected chi connectivity index (χ1v) is 4.60. The van der Waals surface area contributed by atoms with Crippen molar-refractivity contribution >= 4 is 17.8 Å². The van der Waals surface area contributed by atoms with Gasteiger partial charge in [0.15, 0.2) is 6.61 Å². The maximum atomic E-state index is 11.6. The minimum absolute atomic E-state index is 0.191. The average molecular weight is 237 g/mol. The van der Waals surface area contributed by atoms with E-state index in [1.165, 1.54) is 12.1 Å². The molecule has 1 heterocycles. The van der Waals surface area contributed by atoms with Crippen molar-refractivity contribution < 1.29 is 29.4 Å². The summed E-state index contributed by atoms with van der Waals surface area (Å²) in [6.45, 7) is -0.770. The molecule has 2 rings (SSSR count). The van der Waals surface area contributed by atoms with E-state index in [4.69, 9.17) is 5.11 Å². The lowest BCUT2D eigenvalue weighted by atomic mass is 10.1. The summed E-state index contributed by atoms with van der Waals surface area (Å²) in [4.78, 5) is 42.0. The molecule has 1 aliphatic rings. The van der Waals surface area contributed by atoms with Gasteiger partial charge in [0, 0.05) is 0 Å². The molecule has 1 aromatic rings. The number of carboxylic acids is 1. The number of hydroxylamine groups is 2. The molecule has 0 saturated carbocycles. The third kappa shape index (κ3) is 2.01. The van der Waals surface area contributed by atoms with Gasteiger partial charge >= 0.3 is 5.97 Å². The molecule has 0 fully saturated rings. The van der Waals surface area contributed by atoms with E-state index in [1.807, 2.05) is 0 Å². The van der Waals surface area contributed by atoms with E-state index in [0.29, 0.717) is 5.06 Å². The Balaban J connectivity index is 2.11. The van der Waals surface area contributed by atoms with Crippen LogP contribution in [0.4, 0.5) is 0 Å². The van der Waals surface area contributed by atoms with Crippen molar-refractivity contribution in [1.82, 2.24) is 5.06 Å². The number of carbonyl (C=O) groups excluding carboxylic acids is 2. The smallest absolute Gasteiger partial charge is 0.333 e. The number of nitrogens with zero attached hydrogens (tertiary/aromatic N) is 1. The maximum absolute atomic E-state index is 11.6. The van der Waals surface area contributed by atoms with Crippen LogP contribution in [0.2, 0.25) is 0 Å². The molecule has 1 aromatic carbocycles. The van der Waals surface area contributed by atoms with Gasteiger partial charge in [0.05, 0.1) is 11.1 Å². The highest BCUT2D eigenvalue weighted by Gasteiger charge is 2.37. The lowest BCUT2D eigenvalue weighted by molar-refractivity contribution is -0.381. The SMILES string of the molecule is O=C(O)COON1C(=O)c2ccccc2C1=O. The van der Waals surface area contributed by atoms with E-state index in [-0.39, 0.29) is 11.1 Å². The standard InChI is InChI=1S/C10H7NO6/c12-8(13)5-16-17-11-9(14)6-3-1-2-4-7(6)10(11)15/h1-4H,5H2,(H,12,13). The van der Waals surface area contributed by atoms with Crippen LogP contribution in [0.5, 0.6) is 0 Å². The fourth-order valence-electron chi connectivity index (χ4n) is 1.36. The molecule has 0 bridgehead atoms. The lowest BCUT2D eigenvalue weighted by Gasteiger charge is -2.09. The number of hydrogen-bond donors (Lipinski definition) is 1. The summed E-state index contributed by atoms with van der Waals surface area (Å²) in [7, 11) is 0. The number of rotatable bonds is 4. The molecule has 7 heteroatoms. The van der Waals surface area contributed by atoms with E-state index >= 15 is 0 Å². The van der Waals surface area contributed by atoms with E-state index in [0.717, 1.165) is 0 Å². The van der Waals surface area contributed by atoms with Gasteiger partial charge in [-0.05, 0) is 12.1 Å². The zero-order valence-corrected chi connectivity index (χ0v) is 8.45. The fraction of sp³-hybridized carbons (Fsp3) is 0.100. The zero-order chi connectivity index (χ0) is 12.4. The molecule has 0 unspecified atom stereocenters. The van der Waals surface area contributed by atoms with Crippen molar-refractivity contribution in [3.63, 3.8) is 0 Å². The first kappa shape index (κ1) is 11.2. The molecular formula is C10H7NO6. The Labute approximate surface area is 95.0 Å². The highest BCUT2D eigenvalue weighted by Crippen LogP contribution is 2.22. The summed E-state index contributed by atoms with van der Waals surface area (Å²) in [5.41, 5.74) is 0.382. The van der Waals surface area contributed by atoms with Crippen molar-refractivity contribution in [2.24, 2.45) is 0 Å². The summed E-state index contributed by atoms with van der Waals surface area (Å²) in [5, 5.41) is 8.68. The Morgan fingerprint density at radius 2 is 1.71 bits per heavy atom. The second-order valence-corrected chi connectivity index (χ2v) is 3.18. The topological polar surface area (TPSA) is 93.1 Å². The van der Waals surface area contributed by atoms with Crippen molar-refractivity contribution in [1.29, 1.82) is 0 Å². The number of aliphatic carboxylic acids is 1. The van der Waals surface area contributed by atoms with Crippen LogP contribution in [-0.4, -0.2) is 34.6 Å². The van der Waals surface area contributed by atoms with Gasteiger partial charge in [0.2, 0.25) is 0 Å². The first-order valence-electron chi connectivity index (χ1n) is 4.60. The molecule has 0 saturated heterocycles. The Bertz CT molecular complexity index is 462. The minimum atomic E-state index is -1.28. The van der Waals surface area contributed by atoms with Gasteiger partial charge in [0.25, 0.3) is 11.8 Å². The Kier molecular flexibility index (Phi) is 2.86. The minimum Gasteiger partial charge on any atom is -0.479 e. The largest absolute Gasteiger partial charge is 0.479 e. The third-order valence-corrected chi connectivity index (χ3v) is 2.07. The molecule has 88 valence electrons. The Morgan fingerprint density at radius 3 is 2.18 bits per heavy atom. The first-order chi connectivity index (χ1) is 8.11. The van der Waals surface area contributed by atoms with E-state index in [1.54, 1.807) is 12.1 Å². The molecule has 7 nitrogen and oxygen atoms in total. The van der Waals surface area contributed by atoms with Crippen LogP contribution in [0.1, 0.15) is 20.7 Å². The van der Waals surface area contributed by atoms with Crippen LogP contribution in [0.3, 0.4) is 0 Å². The molecular weight excluding hydrogens is 230 g/mol. The van der Waals surface area contributed by atoms with Crippen molar-refractivity contribution in [3.8, 4) is 0 Å². The van der Waals surface area contributed by atoms with Gasteiger partial charge in [-0.15, -0.1) is 5.06 Å². The molecule has 0 atom stereocenters. The monoisotopic (exact) mass is 237 g/mol. The molecule has 0 spiro atoms. The van der Waals surface area contributed by atoms with Crippen LogP contribution in [0.25, 0.3) is 0 Å². The Hall–Kier alpha value is -2.25. The second-order valence-electron chi connectivity index (χ2n) is 3.18. The molecule has 17 heavy (non-hydrogen) atoms. The quantitative estimate of drug-likeness (QED) is 0.457. The summed E-state index contributed by atoms with van der Waals surface area (Å²) in [6.07, 6.45) is 0. The van der Waals surface area contributed by atoms with Gasteiger partial charge in [-0.3, -0.25) is 9.59 Å². The molecule has 0 aromatic heterocycles. The van der Waals surface area contributed by atoms with E-state index in [9.17, 15) is 14.4 Å². The highest BCUT2D eigenvalue weighted by atomic mass is 17.3.